The molecular formula is C50H31NO. The number of fused-ring (bicyclic) bond motifs is 10. The van der Waals surface area contributed by atoms with E-state index in [1.807, 2.05) is 0 Å². The van der Waals surface area contributed by atoms with Gasteiger partial charge in [-0.3, -0.25) is 0 Å². The zero-order valence-corrected chi connectivity index (χ0v) is 28.3. The maximum absolute atomic E-state index is 6.89. The zero-order chi connectivity index (χ0) is 34.2. The van der Waals surface area contributed by atoms with Crippen LogP contribution in [-0.2, 0) is 0 Å². The van der Waals surface area contributed by atoms with Crippen LogP contribution in [-0.4, -0.2) is 0 Å². The molecular weight excluding hydrogens is 631 g/mol. The molecule has 1 aromatic heterocycles. The number of rotatable bonds is 4. The molecule has 0 aliphatic carbocycles. The summed E-state index contributed by atoms with van der Waals surface area (Å²) < 4.78 is 6.89. The second-order valence-electron chi connectivity index (χ2n) is 13.6. The van der Waals surface area contributed by atoms with Crippen LogP contribution in [0.25, 0.3) is 86.9 Å². The van der Waals surface area contributed by atoms with Gasteiger partial charge in [-0.1, -0.05) is 152 Å². The first-order valence-corrected chi connectivity index (χ1v) is 17.8. The van der Waals surface area contributed by atoms with Gasteiger partial charge in [-0.05, 0) is 90.4 Å². The maximum Gasteiger partial charge on any atom is 0.145 e. The number of hydrogen-bond acceptors (Lipinski definition) is 2. The molecule has 0 N–H and O–H groups in total. The fourth-order valence-corrected chi connectivity index (χ4v) is 8.44. The van der Waals surface area contributed by atoms with Gasteiger partial charge in [0, 0.05) is 22.0 Å². The summed E-state index contributed by atoms with van der Waals surface area (Å²) in [4.78, 5) is 2.45. The Bertz CT molecular complexity index is 3200. The van der Waals surface area contributed by atoms with Crippen molar-refractivity contribution in [2.75, 3.05) is 4.90 Å². The van der Waals surface area contributed by atoms with Crippen molar-refractivity contribution in [1.82, 2.24) is 0 Å². The van der Waals surface area contributed by atoms with Gasteiger partial charge in [0.15, 0.2) is 0 Å². The Balaban J connectivity index is 1.25. The van der Waals surface area contributed by atoms with E-state index in [9.17, 15) is 0 Å². The predicted octanol–water partition coefficient (Wildman–Crippen LogP) is 14.5. The van der Waals surface area contributed by atoms with Gasteiger partial charge in [0.1, 0.15) is 11.2 Å². The molecule has 0 saturated heterocycles. The van der Waals surface area contributed by atoms with E-state index in [-0.39, 0.29) is 0 Å². The lowest BCUT2D eigenvalue weighted by atomic mass is 9.95. The van der Waals surface area contributed by atoms with Gasteiger partial charge in [-0.25, -0.2) is 0 Å². The highest BCUT2D eigenvalue weighted by atomic mass is 16.3. The van der Waals surface area contributed by atoms with Crippen molar-refractivity contribution >= 4 is 92.9 Å². The molecule has 0 spiro atoms. The fraction of sp³-hybridized carbons (Fsp3) is 0. The van der Waals surface area contributed by atoms with Crippen LogP contribution in [0, 0.1) is 0 Å². The minimum atomic E-state index is 0.875. The smallest absolute Gasteiger partial charge is 0.145 e. The lowest BCUT2D eigenvalue weighted by molar-refractivity contribution is 0.670. The number of hydrogen-bond donors (Lipinski definition) is 0. The van der Waals surface area contributed by atoms with Crippen LogP contribution in [0.15, 0.2) is 192 Å². The van der Waals surface area contributed by atoms with Gasteiger partial charge in [0.2, 0.25) is 0 Å². The van der Waals surface area contributed by atoms with Crippen LogP contribution in [0.4, 0.5) is 17.1 Å². The van der Waals surface area contributed by atoms with Crippen molar-refractivity contribution in [3.63, 3.8) is 0 Å². The molecule has 242 valence electrons. The molecule has 0 radical (unpaired) electrons. The Morgan fingerprint density at radius 2 is 0.904 bits per heavy atom. The average Bonchev–Trinajstić information content (AvgIpc) is 3.61. The summed E-state index contributed by atoms with van der Waals surface area (Å²) in [5, 5.41) is 14.5. The third-order valence-corrected chi connectivity index (χ3v) is 10.8. The molecule has 11 rings (SSSR count). The third kappa shape index (κ3) is 4.31. The van der Waals surface area contributed by atoms with Crippen molar-refractivity contribution in [1.29, 1.82) is 0 Å². The van der Waals surface area contributed by atoms with Crippen molar-refractivity contribution < 1.29 is 4.42 Å². The van der Waals surface area contributed by atoms with Gasteiger partial charge < -0.3 is 9.32 Å². The van der Waals surface area contributed by atoms with E-state index in [0.29, 0.717) is 0 Å². The van der Waals surface area contributed by atoms with E-state index < -0.39 is 0 Å². The highest BCUT2D eigenvalue weighted by Crippen LogP contribution is 2.49. The van der Waals surface area contributed by atoms with Crippen LogP contribution < -0.4 is 4.90 Å². The SMILES string of the molecule is c1ccc2c(-c3ccc(N(c4ccc5c(ccc6ccccc65)c4)c4cccc5c4ccc4ccccc45)c4c3oc3ccccc34)cccc2c1. The first-order chi connectivity index (χ1) is 25.8. The summed E-state index contributed by atoms with van der Waals surface area (Å²) in [5.41, 5.74) is 7.29. The van der Waals surface area contributed by atoms with E-state index in [1.165, 1.54) is 53.9 Å². The number of anilines is 3. The third-order valence-electron chi connectivity index (χ3n) is 10.8. The lowest BCUT2D eigenvalue weighted by Gasteiger charge is -2.28. The van der Waals surface area contributed by atoms with Gasteiger partial charge >= 0.3 is 0 Å². The van der Waals surface area contributed by atoms with Gasteiger partial charge in [-0.2, -0.15) is 0 Å². The van der Waals surface area contributed by atoms with E-state index in [0.717, 1.165) is 50.1 Å². The Morgan fingerprint density at radius 1 is 0.327 bits per heavy atom. The van der Waals surface area contributed by atoms with Crippen LogP contribution in [0.2, 0.25) is 0 Å². The Morgan fingerprint density at radius 3 is 1.73 bits per heavy atom. The number of furan rings is 1. The second kappa shape index (κ2) is 11.3. The molecule has 2 nitrogen and oxygen atoms in total. The zero-order valence-electron chi connectivity index (χ0n) is 28.3. The van der Waals surface area contributed by atoms with E-state index in [4.69, 9.17) is 4.42 Å². The minimum Gasteiger partial charge on any atom is -0.455 e. The molecule has 1 heterocycles. The topological polar surface area (TPSA) is 16.4 Å². The summed E-state index contributed by atoms with van der Waals surface area (Å²) in [6.07, 6.45) is 0. The van der Waals surface area contributed by atoms with Crippen LogP contribution in [0.3, 0.4) is 0 Å². The molecule has 0 amide bonds. The summed E-state index contributed by atoms with van der Waals surface area (Å²) in [6, 6.07) is 68.1. The molecule has 0 atom stereocenters. The van der Waals surface area contributed by atoms with Crippen molar-refractivity contribution in [2.24, 2.45) is 0 Å². The highest BCUT2D eigenvalue weighted by Gasteiger charge is 2.24. The molecule has 0 unspecified atom stereocenters. The van der Waals surface area contributed by atoms with E-state index in [1.54, 1.807) is 0 Å². The highest BCUT2D eigenvalue weighted by molar-refractivity contribution is 6.21. The quantitative estimate of drug-likeness (QED) is 0.175. The maximum atomic E-state index is 6.89. The van der Waals surface area contributed by atoms with E-state index >= 15 is 0 Å². The molecule has 0 aliphatic heterocycles. The molecule has 0 fully saturated rings. The van der Waals surface area contributed by atoms with Crippen molar-refractivity contribution in [2.45, 2.75) is 0 Å². The van der Waals surface area contributed by atoms with Gasteiger partial charge in [0.25, 0.3) is 0 Å². The Hall–Kier alpha value is -6.90. The largest absolute Gasteiger partial charge is 0.455 e. The summed E-state index contributed by atoms with van der Waals surface area (Å²) in [7, 11) is 0. The van der Waals surface area contributed by atoms with Crippen LogP contribution >= 0.6 is 0 Å². The van der Waals surface area contributed by atoms with Crippen molar-refractivity contribution in [3.8, 4) is 11.1 Å². The average molecular weight is 662 g/mol. The minimum absolute atomic E-state index is 0.875. The lowest BCUT2D eigenvalue weighted by Crippen LogP contribution is -2.11. The molecule has 0 aliphatic rings. The van der Waals surface area contributed by atoms with Crippen LogP contribution in [0.5, 0.6) is 0 Å². The summed E-state index contributed by atoms with van der Waals surface area (Å²) >= 11 is 0. The molecule has 0 bridgehead atoms. The Kier molecular flexibility index (Phi) is 6.28. The van der Waals surface area contributed by atoms with E-state index in [2.05, 4.69) is 193 Å². The molecule has 52 heavy (non-hydrogen) atoms. The molecule has 10 aromatic carbocycles. The number of para-hydroxylation sites is 1. The normalized spacial score (nSPS) is 11.8. The number of benzene rings is 10. The first-order valence-electron chi connectivity index (χ1n) is 17.8. The number of nitrogens with zero attached hydrogens (tertiary/aromatic N) is 1. The standard InChI is InChI=1S/C50H31NO/c1-5-16-38-32(11-1)14-9-19-42(38)44-29-30-47(49-45-18-7-8-22-48(45)52-50(44)49)51(36-26-28-40-35(31-36)24-23-33-12-2-4-15-37(33)40)46-21-10-20-41-39-17-6-3-13-34(39)25-27-43(41)46/h1-31H. The molecule has 11 aromatic rings. The second-order valence-corrected chi connectivity index (χ2v) is 13.6. The summed E-state index contributed by atoms with van der Waals surface area (Å²) in [6.45, 7) is 0. The molecule has 0 saturated carbocycles. The monoisotopic (exact) mass is 661 g/mol. The van der Waals surface area contributed by atoms with Crippen LogP contribution in [0.1, 0.15) is 0 Å². The van der Waals surface area contributed by atoms with Gasteiger partial charge in [0.05, 0.1) is 16.8 Å². The van der Waals surface area contributed by atoms with Crippen molar-refractivity contribution in [3.05, 3.63) is 188 Å². The fourth-order valence-electron chi connectivity index (χ4n) is 8.44. The van der Waals surface area contributed by atoms with Gasteiger partial charge in [-0.15, -0.1) is 0 Å². The summed E-state index contributed by atoms with van der Waals surface area (Å²) in [5.74, 6) is 0. The predicted molar refractivity (Wildman–Crippen MR) is 221 cm³/mol. The molecule has 2 heteroatoms. The first kappa shape index (κ1) is 28.9. The Labute approximate surface area is 300 Å².